The Kier molecular flexibility index (Phi) is 4.03. The lowest BCUT2D eigenvalue weighted by Gasteiger charge is -2.28. The zero-order chi connectivity index (χ0) is 16.6. The van der Waals surface area contributed by atoms with Gasteiger partial charge in [-0.2, -0.15) is 0 Å². The van der Waals surface area contributed by atoms with Crippen LogP contribution in [0.15, 0.2) is 23.9 Å². The van der Waals surface area contributed by atoms with E-state index in [1.165, 1.54) is 21.1 Å². The van der Waals surface area contributed by atoms with Gasteiger partial charge in [0.2, 0.25) is 11.8 Å². The summed E-state index contributed by atoms with van der Waals surface area (Å²) in [6, 6.07) is -0.924. The van der Waals surface area contributed by atoms with Gasteiger partial charge < -0.3 is 15.0 Å². The molecule has 0 unspecified atom stereocenters. The van der Waals surface area contributed by atoms with Gasteiger partial charge >= 0.3 is 6.09 Å². The molecule has 2 aliphatic rings. The Bertz CT molecular complexity index is 636. The molecule has 0 saturated carbocycles. The molecule has 0 aliphatic carbocycles. The molecule has 0 radical (unpaired) electrons. The van der Waals surface area contributed by atoms with E-state index in [2.05, 4.69) is 16.9 Å². The molecule has 1 N–H and O–H groups in total. The maximum Gasteiger partial charge on any atom is 0.421 e. The van der Waals surface area contributed by atoms with Crippen LogP contribution >= 0.6 is 11.3 Å². The lowest BCUT2D eigenvalue weighted by molar-refractivity contribution is -0.143. The summed E-state index contributed by atoms with van der Waals surface area (Å²) in [5.74, 6) is -0.0787. The second-order valence-corrected chi connectivity index (χ2v) is 6.30. The molecule has 0 aromatic carbocycles. The van der Waals surface area contributed by atoms with Crippen LogP contribution in [0, 0.1) is 0 Å². The monoisotopic (exact) mass is 336 g/mol. The van der Waals surface area contributed by atoms with Crippen molar-refractivity contribution in [2.75, 3.05) is 18.0 Å². The van der Waals surface area contributed by atoms with Gasteiger partial charge in [0.25, 0.3) is 0 Å². The molecule has 3 rings (SSSR count). The number of nitrogens with one attached hydrogen (secondary N) is 1. The number of amides is 3. The summed E-state index contributed by atoms with van der Waals surface area (Å²) in [7, 11) is 0. The molecule has 2 saturated heterocycles. The van der Waals surface area contributed by atoms with Gasteiger partial charge in [-0.1, -0.05) is 6.58 Å². The maximum absolute atomic E-state index is 12.4. The molecule has 3 amide bonds. The molecular weight excluding hydrogens is 320 g/mol. The Morgan fingerprint density at radius 1 is 1.57 bits per heavy atom. The van der Waals surface area contributed by atoms with Gasteiger partial charge in [0.1, 0.15) is 6.04 Å². The predicted molar refractivity (Wildman–Crippen MR) is 82.8 cm³/mol. The standard InChI is InChI=1S/C14H16N4O4S/c1-8(2)22-14(21)18(13-15-3-4-23-13)9-5-10-12(20)16-6-11(19)17(10)7-9/h3-4,9-10H,1,5-7H2,2H3,(H,16,20)/t9-,10-/m0/s1. The number of carbonyl (C=O) groups is 3. The van der Waals surface area contributed by atoms with Crippen LogP contribution in [-0.4, -0.2) is 53.0 Å². The Morgan fingerprint density at radius 2 is 2.35 bits per heavy atom. The second kappa shape index (κ2) is 5.99. The zero-order valence-electron chi connectivity index (χ0n) is 12.5. The Balaban J connectivity index is 1.86. The minimum absolute atomic E-state index is 0.00445. The average Bonchev–Trinajstić information content (AvgIpc) is 3.13. The van der Waals surface area contributed by atoms with Crippen LogP contribution in [0.3, 0.4) is 0 Å². The largest absolute Gasteiger partial charge is 0.421 e. The summed E-state index contributed by atoms with van der Waals surface area (Å²) in [5, 5.41) is 4.78. The van der Waals surface area contributed by atoms with Gasteiger partial charge in [0, 0.05) is 18.1 Å². The SMILES string of the molecule is C=C(C)OC(=O)N(c1nccs1)[C@H]1C[C@H]2C(=O)NCC(=O)N2C1. The first-order valence-corrected chi connectivity index (χ1v) is 7.98. The number of thiazole rings is 1. The van der Waals surface area contributed by atoms with Crippen molar-refractivity contribution in [3.63, 3.8) is 0 Å². The van der Waals surface area contributed by atoms with Crippen LogP contribution in [-0.2, 0) is 14.3 Å². The highest BCUT2D eigenvalue weighted by Gasteiger charge is 2.46. The molecule has 3 heterocycles. The molecule has 9 heteroatoms. The summed E-state index contributed by atoms with van der Waals surface area (Å²) >= 11 is 1.29. The van der Waals surface area contributed by atoms with E-state index in [0.29, 0.717) is 11.6 Å². The summed E-state index contributed by atoms with van der Waals surface area (Å²) in [6.07, 6.45) is 1.33. The molecule has 0 spiro atoms. The minimum Gasteiger partial charge on any atom is -0.415 e. The topological polar surface area (TPSA) is 91.8 Å². The molecule has 1 aromatic heterocycles. The Hall–Kier alpha value is -2.42. The predicted octanol–water partition coefficient (Wildman–Crippen LogP) is 0.719. The van der Waals surface area contributed by atoms with E-state index in [-0.39, 0.29) is 36.7 Å². The van der Waals surface area contributed by atoms with Crippen LogP contribution in [0.25, 0.3) is 0 Å². The number of nitrogens with zero attached hydrogens (tertiary/aromatic N) is 3. The van der Waals surface area contributed by atoms with Crippen molar-refractivity contribution in [1.29, 1.82) is 0 Å². The molecule has 23 heavy (non-hydrogen) atoms. The van der Waals surface area contributed by atoms with Crippen molar-refractivity contribution >= 4 is 34.4 Å². The number of rotatable bonds is 3. The first kappa shape index (κ1) is 15.5. The highest BCUT2D eigenvalue weighted by Crippen LogP contribution is 2.30. The number of fused-ring (bicyclic) bond motifs is 1. The third-order valence-corrected chi connectivity index (χ3v) is 4.54. The van der Waals surface area contributed by atoms with Crippen LogP contribution < -0.4 is 10.2 Å². The fraction of sp³-hybridized carbons (Fsp3) is 0.429. The van der Waals surface area contributed by atoms with E-state index >= 15 is 0 Å². The molecule has 2 atom stereocenters. The Morgan fingerprint density at radius 3 is 2.96 bits per heavy atom. The number of aromatic nitrogens is 1. The summed E-state index contributed by atoms with van der Waals surface area (Å²) in [6.45, 7) is 5.42. The fourth-order valence-electron chi connectivity index (χ4n) is 2.82. The van der Waals surface area contributed by atoms with E-state index < -0.39 is 12.1 Å². The third-order valence-electron chi connectivity index (χ3n) is 3.76. The van der Waals surface area contributed by atoms with Gasteiger partial charge in [-0.25, -0.2) is 14.7 Å². The summed E-state index contributed by atoms with van der Waals surface area (Å²) in [5.41, 5.74) is 0. The smallest absolute Gasteiger partial charge is 0.415 e. The van der Waals surface area contributed by atoms with Crippen molar-refractivity contribution < 1.29 is 19.1 Å². The normalized spacial score (nSPS) is 23.3. The van der Waals surface area contributed by atoms with E-state index in [9.17, 15) is 14.4 Å². The van der Waals surface area contributed by atoms with Gasteiger partial charge in [0.05, 0.1) is 18.3 Å². The zero-order valence-corrected chi connectivity index (χ0v) is 13.3. The lowest BCUT2D eigenvalue weighted by atomic mass is 10.1. The first-order valence-electron chi connectivity index (χ1n) is 7.10. The molecular formula is C14H16N4O4S. The third kappa shape index (κ3) is 2.91. The van der Waals surface area contributed by atoms with Gasteiger partial charge in [-0.3, -0.25) is 9.59 Å². The first-order chi connectivity index (χ1) is 11.0. The number of carbonyl (C=O) groups excluding carboxylic acids is 3. The van der Waals surface area contributed by atoms with Crippen molar-refractivity contribution in [1.82, 2.24) is 15.2 Å². The summed E-state index contributed by atoms with van der Waals surface area (Å²) < 4.78 is 5.11. The molecule has 8 nitrogen and oxygen atoms in total. The molecule has 2 aliphatic heterocycles. The molecule has 2 fully saturated rings. The van der Waals surface area contributed by atoms with Crippen molar-refractivity contribution in [2.24, 2.45) is 0 Å². The van der Waals surface area contributed by atoms with Gasteiger partial charge in [-0.15, -0.1) is 11.3 Å². The van der Waals surface area contributed by atoms with E-state index in [4.69, 9.17) is 4.74 Å². The summed E-state index contributed by atoms with van der Waals surface area (Å²) in [4.78, 5) is 43.4. The second-order valence-electron chi connectivity index (χ2n) is 5.42. The lowest BCUT2D eigenvalue weighted by Crippen LogP contribution is -2.55. The number of anilines is 1. The van der Waals surface area contributed by atoms with Crippen LogP contribution in [0.2, 0.25) is 0 Å². The Labute approximate surface area is 136 Å². The number of piperazine rings is 1. The average molecular weight is 336 g/mol. The van der Waals surface area contributed by atoms with Gasteiger partial charge in [0.15, 0.2) is 5.13 Å². The minimum atomic E-state index is -0.606. The highest BCUT2D eigenvalue weighted by molar-refractivity contribution is 7.13. The van der Waals surface area contributed by atoms with E-state index in [0.717, 1.165) is 0 Å². The maximum atomic E-state index is 12.4. The number of ether oxygens (including phenoxy) is 1. The number of hydrogen-bond donors (Lipinski definition) is 1. The molecule has 122 valence electrons. The van der Waals surface area contributed by atoms with Crippen molar-refractivity contribution in [3.05, 3.63) is 23.9 Å². The van der Waals surface area contributed by atoms with Crippen LogP contribution in [0.1, 0.15) is 13.3 Å². The van der Waals surface area contributed by atoms with Crippen LogP contribution in [0.4, 0.5) is 9.93 Å². The molecule has 0 bridgehead atoms. The van der Waals surface area contributed by atoms with Crippen molar-refractivity contribution in [2.45, 2.75) is 25.4 Å². The van der Waals surface area contributed by atoms with Crippen molar-refractivity contribution in [3.8, 4) is 0 Å². The van der Waals surface area contributed by atoms with Gasteiger partial charge in [-0.05, 0) is 13.3 Å². The van der Waals surface area contributed by atoms with E-state index in [1.54, 1.807) is 18.5 Å². The van der Waals surface area contributed by atoms with E-state index in [1.807, 2.05) is 0 Å². The molecule has 1 aromatic rings. The van der Waals surface area contributed by atoms with Crippen LogP contribution in [0.5, 0.6) is 0 Å². The number of allylic oxidation sites excluding steroid dienone is 1. The number of hydrogen-bond acceptors (Lipinski definition) is 6. The fourth-order valence-corrected chi connectivity index (χ4v) is 3.53. The highest BCUT2D eigenvalue weighted by atomic mass is 32.1. The quantitative estimate of drug-likeness (QED) is 0.821.